The predicted molar refractivity (Wildman–Crippen MR) is 120 cm³/mol. The van der Waals surface area contributed by atoms with Gasteiger partial charge in [-0.1, -0.05) is 0 Å². The van der Waals surface area contributed by atoms with Gasteiger partial charge in [-0.3, -0.25) is 4.99 Å². The number of nitrogens with one attached hydrogen (secondary N) is 1. The number of hydrogen-bond acceptors (Lipinski definition) is 3. The number of guanidine groups is 1. The van der Waals surface area contributed by atoms with E-state index in [0.29, 0.717) is 30.8 Å². The molecule has 0 radical (unpaired) electrons. The lowest BCUT2D eigenvalue weighted by atomic mass is 9.99. The van der Waals surface area contributed by atoms with E-state index >= 15 is 0 Å². The van der Waals surface area contributed by atoms with Crippen molar-refractivity contribution < 1.29 is 18.3 Å². The van der Waals surface area contributed by atoms with Crippen LogP contribution in [0.15, 0.2) is 35.3 Å². The summed E-state index contributed by atoms with van der Waals surface area (Å²) in [5.74, 6) is 1.34. The quantitative estimate of drug-likeness (QED) is 0.373. The van der Waals surface area contributed by atoms with E-state index in [2.05, 4.69) is 15.2 Å². The molecule has 0 spiro atoms. The first-order chi connectivity index (χ1) is 13.5. The van der Waals surface area contributed by atoms with Crippen molar-refractivity contribution in [2.45, 2.75) is 19.4 Å². The minimum atomic E-state index is -0.433. The van der Waals surface area contributed by atoms with E-state index in [1.165, 1.54) is 11.6 Å². The van der Waals surface area contributed by atoms with Crippen molar-refractivity contribution in [1.29, 1.82) is 0 Å². The molecule has 0 fully saturated rings. The van der Waals surface area contributed by atoms with Crippen LogP contribution in [0.3, 0.4) is 0 Å². The summed E-state index contributed by atoms with van der Waals surface area (Å²) in [7, 11) is 4.97. The van der Waals surface area contributed by atoms with Crippen molar-refractivity contribution in [3.8, 4) is 11.5 Å². The first-order valence-electron chi connectivity index (χ1n) is 9.19. The smallest absolute Gasteiger partial charge is 0.193 e. The maximum Gasteiger partial charge on any atom is 0.193 e. The fourth-order valence-electron chi connectivity index (χ4n) is 3.44. The lowest BCUT2D eigenvalue weighted by molar-refractivity contribution is 0.346. The molecule has 2 aromatic rings. The third-order valence-electron chi connectivity index (χ3n) is 4.91. The van der Waals surface area contributed by atoms with E-state index in [4.69, 9.17) is 9.47 Å². The number of methoxy groups -OCH3 is 2. The number of ether oxygens (including phenoxy) is 2. The van der Waals surface area contributed by atoms with Gasteiger partial charge in [0, 0.05) is 26.7 Å². The van der Waals surface area contributed by atoms with Gasteiger partial charge in [0.2, 0.25) is 0 Å². The minimum absolute atomic E-state index is 0. The first-order valence-corrected chi connectivity index (χ1v) is 9.19. The maximum atomic E-state index is 13.8. The van der Waals surface area contributed by atoms with Gasteiger partial charge in [-0.25, -0.2) is 8.78 Å². The van der Waals surface area contributed by atoms with Crippen LogP contribution in [0.5, 0.6) is 11.5 Å². The van der Waals surface area contributed by atoms with Crippen molar-refractivity contribution in [3.05, 3.63) is 58.7 Å². The van der Waals surface area contributed by atoms with E-state index in [9.17, 15) is 8.78 Å². The van der Waals surface area contributed by atoms with Crippen LogP contribution in [0.4, 0.5) is 8.78 Å². The average Bonchev–Trinajstić information content (AvgIpc) is 2.72. The van der Waals surface area contributed by atoms with Crippen molar-refractivity contribution >= 4 is 29.9 Å². The fourth-order valence-corrected chi connectivity index (χ4v) is 3.44. The van der Waals surface area contributed by atoms with Gasteiger partial charge in [-0.15, -0.1) is 24.0 Å². The second kappa shape index (κ2) is 10.6. The van der Waals surface area contributed by atoms with E-state index < -0.39 is 11.6 Å². The molecule has 2 aromatic carbocycles. The lowest BCUT2D eigenvalue weighted by Gasteiger charge is -2.32. The highest BCUT2D eigenvalue weighted by Gasteiger charge is 2.21. The highest BCUT2D eigenvalue weighted by atomic mass is 127. The molecule has 0 aromatic heterocycles. The van der Waals surface area contributed by atoms with Crippen molar-refractivity contribution in [3.63, 3.8) is 0 Å². The molecule has 0 aliphatic carbocycles. The predicted octanol–water partition coefficient (Wildman–Crippen LogP) is 3.78. The summed E-state index contributed by atoms with van der Waals surface area (Å²) in [4.78, 5) is 6.47. The molecule has 0 bridgehead atoms. The summed E-state index contributed by atoms with van der Waals surface area (Å²) in [5.41, 5.74) is 2.73. The molecule has 0 unspecified atom stereocenters. The number of rotatable bonds is 5. The molecule has 29 heavy (non-hydrogen) atoms. The van der Waals surface area contributed by atoms with Gasteiger partial charge in [0.05, 0.1) is 14.2 Å². The molecule has 1 heterocycles. The Morgan fingerprint density at radius 2 is 1.79 bits per heavy atom. The molecule has 1 N–H and O–H groups in total. The van der Waals surface area contributed by atoms with Gasteiger partial charge in [0.15, 0.2) is 17.5 Å². The number of fused-ring (bicyclic) bond motifs is 1. The van der Waals surface area contributed by atoms with Gasteiger partial charge < -0.3 is 19.7 Å². The van der Waals surface area contributed by atoms with Crippen LogP contribution in [0, 0.1) is 11.6 Å². The Balaban J connectivity index is 0.00000300. The standard InChI is InChI=1S/C21H25F2N3O2.HI/c1-24-21(25-8-6-15-10-17(22)4-5-18(15)23)26-9-7-14-11-19(27-2)20(28-3)12-16(14)13-26;/h4-5,10-12H,6-9,13H2,1-3H3,(H,24,25);1H. The van der Waals surface area contributed by atoms with Crippen LogP contribution in [0.2, 0.25) is 0 Å². The molecule has 1 aliphatic heterocycles. The highest BCUT2D eigenvalue weighted by molar-refractivity contribution is 14.0. The molecule has 0 atom stereocenters. The number of nitrogens with zero attached hydrogens (tertiary/aromatic N) is 2. The van der Waals surface area contributed by atoms with Crippen LogP contribution in [0.1, 0.15) is 16.7 Å². The second-order valence-electron chi connectivity index (χ2n) is 6.61. The zero-order valence-electron chi connectivity index (χ0n) is 16.8. The highest BCUT2D eigenvalue weighted by Crippen LogP contribution is 2.33. The van der Waals surface area contributed by atoms with Crippen molar-refractivity contribution in [2.24, 2.45) is 4.99 Å². The molecule has 3 rings (SSSR count). The average molecular weight is 517 g/mol. The van der Waals surface area contributed by atoms with Gasteiger partial charge in [-0.2, -0.15) is 0 Å². The van der Waals surface area contributed by atoms with E-state index in [1.54, 1.807) is 21.3 Å². The second-order valence-corrected chi connectivity index (χ2v) is 6.61. The first kappa shape index (κ1) is 23.2. The van der Waals surface area contributed by atoms with Crippen LogP contribution in [0.25, 0.3) is 0 Å². The third-order valence-corrected chi connectivity index (χ3v) is 4.91. The maximum absolute atomic E-state index is 13.8. The van der Waals surface area contributed by atoms with Crippen LogP contribution in [-0.2, 0) is 19.4 Å². The Hall–Kier alpha value is -2.10. The largest absolute Gasteiger partial charge is 0.493 e. The number of halogens is 3. The minimum Gasteiger partial charge on any atom is -0.493 e. The zero-order chi connectivity index (χ0) is 20.1. The molecular weight excluding hydrogens is 491 g/mol. The molecule has 5 nitrogen and oxygen atoms in total. The van der Waals surface area contributed by atoms with E-state index in [-0.39, 0.29) is 24.0 Å². The van der Waals surface area contributed by atoms with Gasteiger partial charge in [-0.05, 0) is 59.9 Å². The molecule has 0 saturated carbocycles. The van der Waals surface area contributed by atoms with Crippen LogP contribution >= 0.6 is 24.0 Å². The third kappa shape index (κ3) is 5.49. The van der Waals surface area contributed by atoms with Crippen LogP contribution in [-0.4, -0.2) is 45.2 Å². The number of aliphatic imine (C=N–C) groups is 1. The summed E-state index contributed by atoms with van der Waals surface area (Å²) < 4.78 is 37.9. The van der Waals surface area contributed by atoms with Crippen molar-refractivity contribution in [2.75, 3.05) is 34.4 Å². The molecular formula is C21H26F2IN3O2. The molecule has 1 aliphatic rings. The Bertz CT molecular complexity index is 877. The summed E-state index contributed by atoms with van der Waals surface area (Å²) >= 11 is 0. The van der Waals surface area contributed by atoms with Crippen molar-refractivity contribution in [1.82, 2.24) is 10.2 Å². The van der Waals surface area contributed by atoms with E-state index in [1.807, 2.05) is 12.1 Å². The Morgan fingerprint density at radius 1 is 1.10 bits per heavy atom. The number of benzene rings is 2. The monoisotopic (exact) mass is 517 g/mol. The summed E-state index contributed by atoms with van der Waals surface area (Å²) in [5, 5.41) is 3.25. The molecule has 0 amide bonds. The fraction of sp³-hybridized carbons (Fsp3) is 0.381. The lowest BCUT2D eigenvalue weighted by Crippen LogP contribution is -2.44. The summed E-state index contributed by atoms with van der Waals surface area (Å²) in [6.07, 6.45) is 1.23. The summed E-state index contributed by atoms with van der Waals surface area (Å²) in [6.45, 7) is 1.95. The Morgan fingerprint density at radius 3 is 2.45 bits per heavy atom. The van der Waals surface area contributed by atoms with Gasteiger partial charge >= 0.3 is 0 Å². The number of hydrogen-bond donors (Lipinski definition) is 1. The molecule has 0 saturated heterocycles. The topological polar surface area (TPSA) is 46.1 Å². The molecule has 158 valence electrons. The SMILES string of the molecule is CN=C(NCCc1cc(F)ccc1F)N1CCc2cc(OC)c(OC)cc2C1.I. The molecule has 8 heteroatoms. The Kier molecular flexibility index (Phi) is 8.48. The normalized spacial score (nSPS) is 13.4. The van der Waals surface area contributed by atoms with Gasteiger partial charge in [0.25, 0.3) is 0 Å². The zero-order valence-corrected chi connectivity index (χ0v) is 19.1. The Labute approximate surface area is 187 Å². The van der Waals surface area contributed by atoms with Crippen LogP contribution < -0.4 is 14.8 Å². The summed E-state index contributed by atoms with van der Waals surface area (Å²) in [6, 6.07) is 7.53. The van der Waals surface area contributed by atoms with Gasteiger partial charge in [0.1, 0.15) is 11.6 Å². The van der Waals surface area contributed by atoms with E-state index in [0.717, 1.165) is 42.4 Å².